The van der Waals surface area contributed by atoms with E-state index in [1.807, 2.05) is 12.3 Å². The fourth-order valence-corrected chi connectivity index (χ4v) is 2.18. The number of nitrogens with one attached hydrogen (secondary N) is 1. The molecule has 0 radical (unpaired) electrons. The summed E-state index contributed by atoms with van der Waals surface area (Å²) in [4.78, 5) is 0. The quantitative estimate of drug-likeness (QED) is 0.817. The molecule has 0 fully saturated rings. The zero-order valence-electron chi connectivity index (χ0n) is 9.61. The van der Waals surface area contributed by atoms with Gasteiger partial charge in [-0.3, -0.25) is 0 Å². The zero-order valence-corrected chi connectivity index (χ0v) is 10.4. The number of hydrogen-bond donors (Lipinski definition) is 2. The third-order valence-electron chi connectivity index (χ3n) is 2.33. The second-order valence-electron chi connectivity index (χ2n) is 3.58. The summed E-state index contributed by atoms with van der Waals surface area (Å²) in [6, 6.07) is 6.38. The maximum Gasteiger partial charge on any atom is 0.143 e. The minimum Gasteiger partial charge on any atom is -0.396 e. The van der Waals surface area contributed by atoms with Gasteiger partial charge in [0.15, 0.2) is 0 Å². The van der Waals surface area contributed by atoms with E-state index in [4.69, 9.17) is 10.4 Å². The number of anilines is 1. The average molecular weight is 254 g/mol. The first-order valence-corrected chi connectivity index (χ1v) is 6.67. The number of benzene rings is 1. The summed E-state index contributed by atoms with van der Waals surface area (Å²) >= 11 is 1.64. The number of thioether (sulfide) groups is 1. The van der Waals surface area contributed by atoms with Crippen molar-refractivity contribution in [2.75, 3.05) is 23.9 Å². The average Bonchev–Trinajstić information content (AvgIpc) is 2.30. The zero-order chi connectivity index (χ0) is 12.7. The van der Waals surface area contributed by atoms with Gasteiger partial charge < -0.3 is 10.4 Å². The van der Waals surface area contributed by atoms with Gasteiger partial charge in [-0.05, 0) is 24.8 Å². The highest BCUT2D eigenvalue weighted by atomic mass is 32.2. The van der Waals surface area contributed by atoms with Crippen LogP contribution in [-0.2, 0) is 0 Å². The molecule has 92 valence electrons. The Morgan fingerprint density at radius 3 is 2.94 bits per heavy atom. The van der Waals surface area contributed by atoms with Crippen molar-refractivity contribution in [1.82, 2.24) is 0 Å². The van der Waals surface area contributed by atoms with Gasteiger partial charge in [-0.2, -0.15) is 17.0 Å². The topological polar surface area (TPSA) is 56.0 Å². The minimum absolute atomic E-state index is 0.0246. The Morgan fingerprint density at radius 2 is 2.35 bits per heavy atom. The van der Waals surface area contributed by atoms with Crippen LogP contribution < -0.4 is 5.32 Å². The molecule has 0 heterocycles. The van der Waals surface area contributed by atoms with Crippen LogP contribution in [0.4, 0.5) is 10.1 Å². The molecule has 0 saturated heterocycles. The van der Waals surface area contributed by atoms with Crippen molar-refractivity contribution in [3.63, 3.8) is 0 Å². The van der Waals surface area contributed by atoms with Crippen LogP contribution in [0.1, 0.15) is 12.0 Å². The molecule has 1 rings (SSSR count). The molecule has 0 aliphatic rings. The Hall–Kier alpha value is -1.25. The molecule has 17 heavy (non-hydrogen) atoms. The molecule has 0 aliphatic heterocycles. The van der Waals surface area contributed by atoms with Crippen LogP contribution in [-0.4, -0.2) is 29.8 Å². The first-order valence-electron chi connectivity index (χ1n) is 5.27. The molecule has 1 aromatic carbocycles. The number of aliphatic hydroxyl groups excluding tert-OH is 1. The highest BCUT2D eigenvalue weighted by molar-refractivity contribution is 7.98. The summed E-state index contributed by atoms with van der Waals surface area (Å²) < 4.78 is 13.4. The third-order valence-corrected chi connectivity index (χ3v) is 3.07. The third kappa shape index (κ3) is 3.91. The summed E-state index contributed by atoms with van der Waals surface area (Å²) in [6.45, 7) is 0.0649. The van der Waals surface area contributed by atoms with E-state index < -0.39 is 5.82 Å². The van der Waals surface area contributed by atoms with Crippen LogP contribution in [0.15, 0.2) is 18.2 Å². The maximum atomic E-state index is 13.4. The van der Waals surface area contributed by atoms with Gasteiger partial charge in [0.2, 0.25) is 0 Å². The summed E-state index contributed by atoms with van der Waals surface area (Å²) in [5.41, 5.74) is 0.511. The van der Waals surface area contributed by atoms with Gasteiger partial charge in [0.1, 0.15) is 17.4 Å². The first kappa shape index (κ1) is 13.8. The highest BCUT2D eigenvalue weighted by Gasteiger charge is 2.12. The molecule has 0 saturated carbocycles. The Kier molecular flexibility index (Phi) is 5.81. The van der Waals surface area contributed by atoms with Crippen molar-refractivity contribution in [1.29, 1.82) is 5.26 Å². The van der Waals surface area contributed by atoms with E-state index >= 15 is 0 Å². The molecular weight excluding hydrogens is 239 g/mol. The largest absolute Gasteiger partial charge is 0.396 e. The summed E-state index contributed by atoms with van der Waals surface area (Å²) in [7, 11) is 0. The Morgan fingerprint density at radius 1 is 1.59 bits per heavy atom. The maximum absolute atomic E-state index is 13.4. The van der Waals surface area contributed by atoms with Crippen molar-refractivity contribution in [2.24, 2.45) is 0 Å². The van der Waals surface area contributed by atoms with Crippen LogP contribution in [0.25, 0.3) is 0 Å². The lowest BCUT2D eigenvalue weighted by Crippen LogP contribution is -2.24. The number of hydrogen-bond acceptors (Lipinski definition) is 4. The fraction of sp³-hybridized carbons (Fsp3) is 0.417. The van der Waals surface area contributed by atoms with E-state index in [1.165, 1.54) is 6.07 Å². The molecular formula is C12H15FN2OS. The number of rotatable bonds is 6. The second kappa shape index (κ2) is 7.15. The summed E-state index contributed by atoms with van der Waals surface area (Å²) in [5.74, 6) is 0.270. The van der Waals surface area contributed by atoms with Gasteiger partial charge in [0.25, 0.3) is 0 Å². The molecule has 5 heteroatoms. The van der Waals surface area contributed by atoms with Gasteiger partial charge in [0, 0.05) is 18.4 Å². The molecule has 0 spiro atoms. The Bertz CT molecular complexity index is 400. The van der Waals surface area contributed by atoms with Crippen LogP contribution in [0.5, 0.6) is 0 Å². The van der Waals surface area contributed by atoms with Gasteiger partial charge in [-0.15, -0.1) is 0 Å². The van der Waals surface area contributed by atoms with Crippen molar-refractivity contribution in [3.05, 3.63) is 29.6 Å². The molecule has 1 atom stereocenters. The van der Waals surface area contributed by atoms with Crippen LogP contribution >= 0.6 is 11.8 Å². The van der Waals surface area contributed by atoms with E-state index in [9.17, 15) is 4.39 Å². The smallest absolute Gasteiger partial charge is 0.143 e. The van der Waals surface area contributed by atoms with Crippen molar-refractivity contribution in [2.45, 2.75) is 12.5 Å². The predicted octanol–water partition coefficient (Wildman–Crippen LogP) is 2.22. The normalized spacial score (nSPS) is 11.9. The molecule has 0 aromatic heterocycles. The highest BCUT2D eigenvalue weighted by Crippen LogP contribution is 2.20. The van der Waals surface area contributed by atoms with Crippen LogP contribution in [0, 0.1) is 17.1 Å². The van der Waals surface area contributed by atoms with Crippen molar-refractivity contribution < 1.29 is 9.50 Å². The molecule has 0 aliphatic carbocycles. The lowest BCUT2D eigenvalue weighted by Gasteiger charge is -2.18. The van der Waals surface area contributed by atoms with Crippen molar-refractivity contribution in [3.8, 4) is 6.07 Å². The standard InChI is InChI=1S/C12H15FN2OS/c1-17-8-9(5-6-16)15-12-4-2-3-11(13)10(12)7-14/h2-4,9,15-16H,5-6,8H2,1H3/t9-/m0/s1. The summed E-state index contributed by atoms with van der Waals surface area (Å²) in [5, 5.41) is 20.9. The van der Waals surface area contributed by atoms with Gasteiger partial charge >= 0.3 is 0 Å². The molecule has 0 unspecified atom stereocenters. The lowest BCUT2D eigenvalue weighted by atomic mass is 10.1. The minimum atomic E-state index is -0.524. The van der Waals surface area contributed by atoms with E-state index in [0.717, 1.165) is 5.75 Å². The number of halogens is 1. The van der Waals surface area contributed by atoms with Gasteiger partial charge in [-0.25, -0.2) is 4.39 Å². The van der Waals surface area contributed by atoms with E-state index in [2.05, 4.69) is 5.32 Å². The molecule has 0 bridgehead atoms. The van der Waals surface area contributed by atoms with Crippen molar-refractivity contribution >= 4 is 17.4 Å². The van der Waals surface area contributed by atoms with E-state index in [1.54, 1.807) is 23.9 Å². The molecule has 3 nitrogen and oxygen atoms in total. The van der Waals surface area contributed by atoms with E-state index in [0.29, 0.717) is 12.1 Å². The Balaban J connectivity index is 2.85. The lowest BCUT2D eigenvalue weighted by molar-refractivity contribution is 0.282. The number of nitrogens with zero attached hydrogens (tertiary/aromatic N) is 1. The predicted molar refractivity (Wildman–Crippen MR) is 68.6 cm³/mol. The van der Waals surface area contributed by atoms with Gasteiger partial charge in [0.05, 0.1) is 5.69 Å². The first-order chi connectivity index (χ1) is 8.22. The Labute approximate surface area is 105 Å². The monoisotopic (exact) mass is 254 g/mol. The van der Waals surface area contributed by atoms with E-state index in [-0.39, 0.29) is 18.2 Å². The fourth-order valence-electron chi connectivity index (χ4n) is 1.53. The SMILES string of the molecule is CSC[C@H](CCO)Nc1cccc(F)c1C#N. The second-order valence-corrected chi connectivity index (χ2v) is 4.49. The summed E-state index contributed by atoms with van der Waals surface area (Å²) in [6.07, 6.45) is 2.53. The van der Waals surface area contributed by atoms with Gasteiger partial charge in [-0.1, -0.05) is 6.07 Å². The van der Waals surface area contributed by atoms with Crippen LogP contribution in [0.3, 0.4) is 0 Å². The molecule has 2 N–H and O–H groups in total. The number of nitriles is 1. The number of aliphatic hydroxyl groups is 1. The molecule has 0 amide bonds. The molecule has 1 aromatic rings. The van der Waals surface area contributed by atoms with Crippen LogP contribution in [0.2, 0.25) is 0 Å².